The predicted octanol–water partition coefficient (Wildman–Crippen LogP) is 2.02. The fourth-order valence-electron chi connectivity index (χ4n) is 1.76. The highest BCUT2D eigenvalue weighted by Crippen LogP contribution is 2.37. The first-order chi connectivity index (χ1) is 11.2. The minimum absolute atomic E-state index is 0.00116. The SMILES string of the molecule is COc1cc(OC)nc(SC(CCOC(=O)C(=O)O)C(C)(C)C)n1. The summed E-state index contributed by atoms with van der Waals surface area (Å²) in [6.07, 6.45) is 0.454. The van der Waals surface area contributed by atoms with Gasteiger partial charge >= 0.3 is 11.9 Å². The fourth-order valence-corrected chi connectivity index (χ4v) is 2.87. The molecule has 0 saturated heterocycles. The number of hydrogen-bond donors (Lipinski definition) is 1. The molecule has 1 heterocycles. The van der Waals surface area contributed by atoms with Gasteiger partial charge in [0.25, 0.3) is 0 Å². The predicted molar refractivity (Wildman–Crippen MR) is 87.4 cm³/mol. The Bertz CT molecular complexity index is 566. The zero-order valence-corrected chi connectivity index (χ0v) is 15.2. The highest BCUT2D eigenvalue weighted by atomic mass is 32.2. The van der Waals surface area contributed by atoms with E-state index in [9.17, 15) is 9.59 Å². The molecule has 1 atom stereocenters. The van der Waals surface area contributed by atoms with E-state index in [2.05, 4.69) is 9.97 Å². The number of thioether (sulfide) groups is 1. The Morgan fingerprint density at radius 2 is 1.75 bits per heavy atom. The van der Waals surface area contributed by atoms with Gasteiger partial charge in [-0.25, -0.2) is 9.59 Å². The summed E-state index contributed by atoms with van der Waals surface area (Å²) in [6, 6.07) is 1.57. The van der Waals surface area contributed by atoms with E-state index in [4.69, 9.17) is 19.3 Å². The van der Waals surface area contributed by atoms with Crippen LogP contribution in [0.3, 0.4) is 0 Å². The molecule has 0 fully saturated rings. The number of aromatic nitrogens is 2. The number of carboxylic acid groups (broad SMARTS) is 1. The van der Waals surface area contributed by atoms with Gasteiger partial charge in [-0.05, 0) is 11.8 Å². The van der Waals surface area contributed by atoms with Crippen molar-refractivity contribution in [3.8, 4) is 11.8 Å². The second kappa shape index (κ2) is 8.72. The molecule has 1 N–H and O–H groups in total. The number of carbonyl (C=O) groups is 2. The van der Waals surface area contributed by atoms with Gasteiger partial charge in [0.1, 0.15) is 0 Å². The molecule has 1 rings (SSSR count). The Kier molecular flexibility index (Phi) is 7.27. The van der Waals surface area contributed by atoms with Crippen LogP contribution in [-0.2, 0) is 14.3 Å². The van der Waals surface area contributed by atoms with Crippen molar-refractivity contribution in [3.05, 3.63) is 6.07 Å². The van der Waals surface area contributed by atoms with Crippen LogP contribution in [0.1, 0.15) is 27.2 Å². The molecule has 9 heteroatoms. The van der Waals surface area contributed by atoms with Gasteiger partial charge in [-0.15, -0.1) is 0 Å². The van der Waals surface area contributed by atoms with Crippen molar-refractivity contribution in [3.63, 3.8) is 0 Å². The number of esters is 1. The first kappa shape index (κ1) is 20.0. The lowest BCUT2D eigenvalue weighted by molar-refractivity contribution is -0.164. The first-order valence-electron chi connectivity index (χ1n) is 7.21. The fraction of sp³-hybridized carbons (Fsp3) is 0.600. The van der Waals surface area contributed by atoms with Gasteiger partial charge in [0.05, 0.1) is 26.9 Å². The lowest BCUT2D eigenvalue weighted by Gasteiger charge is -2.29. The number of nitrogens with zero attached hydrogens (tertiary/aromatic N) is 2. The van der Waals surface area contributed by atoms with Gasteiger partial charge in [-0.3, -0.25) is 0 Å². The standard InChI is InChI=1S/C15H22N2O6S/c1-15(2,3)9(6-7-23-13(20)12(18)19)24-14-16-10(21-4)8-11(17-14)22-5/h8-9H,6-7H2,1-5H3,(H,18,19). The van der Waals surface area contributed by atoms with Crippen molar-refractivity contribution in [2.75, 3.05) is 20.8 Å². The van der Waals surface area contributed by atoms with Gasteiger partial charge in [0.15, 0.2) is 5.16 Å². The number of ether oxygens (including phenoxy) is 3. The number of rotatable bonds is 7. The third-order valence-electron chi connectivity index (χ3n) is 3.08. The van der Waals surface area contributed by atoms with E-state index in [0.29, 0.717) is 23.3 Å². The summed E-state index contributed by atoms with van der Waals surface area (Å²) in [5.74, 6) is -2.09. The van der Waals surface area contributed by atoms with Crippen molar-refractivity contribution in [1.29, 1.82) is 0 Å². The molecule has 0 spiro atoms. The van der Waals surface area contributed by atoms with E-state index in [-0.39, 0.29) is 17.3 Å². The smallest absolute Gasteiger partial charge is 0.417 e. The molecular weight excluding hydrogens is 336 g/mol. The topological polar surface area (TPSA) is 108 Å². The second-order valence-corrected chi connectivity index (χ2v) is 7.11. The highest BCUT2D eigenvalue weighted by molar-refractivity contribution is 7.99. The molecule has 0 saturated carbocycles. The number of hydrogen-bond acceptors (Lipinski definition) is 8. The molecule has 0 aliphatic rings. The largest absolute Gasteiger partial charge is 0.481 e. The monoisotopic (exact) mass is 358 g/mol. The van der Waals surface area contributed by atoms with E-state index < -0.39 is 11.9 Å². The number of carboxylic acids is 1. The average Bonchev–Trinajstić information content (AvgIpc) is 2.52. The van der Waals surface area contributed by atoms with Crippen LogP contribution in [0, 0.1) is 5.41 Å². The Morgan fingerprint density at radius 1 is 1.21 bits per heavy atom. The molecule has 24 heavy (non-hydrogen) atoms. The maximum absolute atomic E-state index is 11.0. The zero-order valence-electron chi connectivity index (χ0n) is 14.4. The van der Waals surface area contributed by atoms with Gasteiger partial charge < -0.3 is 19.3 Å². The van der Waals surface area contributed by atoms with Crippen LogP contribution in [-0.4, -0.2) is 53.1 Å². The zero-order chi connectivity index (χ0) is 18.3. The lowest BCUT2D eigenvalue weighted by Crippen LogP contribution is -2.26. The molecule has 1 unspecified atom stereocenters. The maximum Gasteiger partial charge on any atom is 0.417 e. The number of aliphatic carboxylic acids is 1. The van der Waals surface area contributed by atoms with Crippen molar-refractivity contribution >= 4 is 23.7 Å². The summed E-state index contributed by atoms with van der Waals surface area (Å²) in [6.45, 7) is 6.09. The molecule has 0 amide bonds. The Hall–Kier alpha value is -2.03. The minimum Gasteiger partial charge on any atom is -0.481 e. The Labute approximate surface area is 144 Å². The molecule has 0 bridgehead atoms. The van der Waals surface area contributed by atoms with Gasteiger partial charge in [-0.2, -0.15) is 9.97 Å². The van der Waals surface area contributed by atoms with Crippen molar-refractivity contribution < 1.29 is 28.9 Å². The molecular formula is C15H22N2O6S. The van der Waals surface area contributed by atoms with Crippen molar-refractivity contribution in [2.24, 2.45) is 5.41 Å². The number of methoxy groups -OCH3 is 2. The van der Waals surface area contributed by atoms with E-state index >= 15 is 0 Å². The van der Waals surface area contributed by atoms with E-state index in [1.807, 2.05) is 20.8 Å². The van der Waals surface area contributed by atoms with Crippen LogP contribution in [0.2, 0.25) is 0 Å². The van der Waals surface area contributed by atoms with Crippen LogP contribution in [0.25, 0.3) is 0 Å². The average molecular weight is 358 g/mol. The molecule has 1 aromatic rings. The van der Waals surface area contributed by atoms with Gasteiger partial charge in [0, 0.05) is 5.25 Å². The summed E-state index contributed by atoms with van der Waals surface area (Å²) < 4.78 is 15.0. The van der Waals surface area contributed by atoms with Crippen LogP contribution < -0.4 is 9.47 Å². The van der Waals surface area contributed by atoms with E-state index in [1.54, 1.807) is 6.07 Å². The summed E-state index contributed by atoms with van der Waals surface area (Å²) in [4.78, 5) is 30.0. The summed E-state index contributed by atoms with van der Waals surface area (Å²) in [5, 5.41) is 8.98. The van der Waals surface area contributed by atoms with Gasteiger partial charge in [0.2, 0.25) is 11.8 Å². The first-order valence-corrected chi connectivity index (χ1v) is 8.09. The van der Waals surface area contributed by atoms with Crippen molar-refractivity contribution in [2.45, 2.75) is 37.6 Å². The normalized spacial score (nSPS) is 12.4. The Morgan fingerprint density at radius 3 is 2.17 bits per heavy atom. The molecule has 134 valence electrons. The van der Waals surface area contributed by atoms with Crippen molar-refractivity contribution in [1.82, 2.24) is 9.97 Å². The summed E-state index contributed by atoms with van der Waals surface area (Å²) in [7, 11) is 3.01. The molecule has 0 aliphatic carbocycles. The minimum atomic E-state index is -1.60. The van der Waals surface area contributed by atoms with E-state index in [0.717, 1.165) is 0 Å². The molecule has 0 aromatic carbocycles. The molecule has 1 aromatic heterocycles. The lowest BCUT2D eigenvalue weighted by atomic mass is 9.90. The quantitative estimate of drug-likeness (QED) is 0.339. The summed E-state index contributed by atoms with van der Waals surface area (Å²) >= 11 is 1.39. The molecule has 0 radical (unpaired) electrons. The second-order valence-electron chi connectivity index (χ2n) is 5.94. The van der Waals surface area contributed by atoms with Crippen LogP contribution in [0.15, 0.2) is 11.2 Å². The Balaban J connectivity index is 2.83. The van der Waals surface area contributed by atoms with Crippen LogP contribution in [0.4, 0.5) is 0 Å². The third kappa shape index (κ3) is 6.23. The summed E-state index contributed by atoms with van der Waals surface area (Å²) in [5.41, 5.74) is -0.153. The van der Waals surface area contributed by atoms with Gasteiger partial charge in [-0.1, -0.05) is 32.5 Å². The third-order valence-corrected chi connectivity index (χ3v) is 4.70. The van der Waals surface area contributed by atoms with Crippen LogP contribution in [0.5, 0.6) is 11.8 Å². The molecule has 0 aliphatic heterocycles. The van der Waals surface area contributed by atoms with Crippen LogP contribution >= 0.6 is 11.8 Å². The number of carbonyl (C=O) groups excluding carboxylic acids is 1. The highest BCUT2D eigenvalue weighted by Gasteiger charge is 2.28. The maximum atomic E-state index is 11.0. The van der Waals surface area contributed by atoms with E-state index in [1.165, 1.54) is 26.0 Å². The molecule has 8 nitrogen and oxygen atoms in total.